The summed E-state index contributed by atoms with van der Waals surface area (Å²) in [5.41, 5.74) is 0.328. The maximum absolute atomic E-state index is 11.4. The average Bonchev–Trinajstić information content (AvgIpc) is 2.33. The number of hydrogen-bond acceptors (Lipinski definition) is 3. The van der Waals surface area contributed by atoms with Crippen molar-refractivity contribution in [3.05, 3.63) is 0 Å². The van der Waals surface area contributed by atoms with Crippen LogP contribution in [0.25, 0.3) is 0 Å². The van der Waals surface area contributed by atoms with Crippen molar-refractivity contribution in [1.82, 2.24) is 5.32 Å². The summed E-state index contributed by atoms with van der Waals surface area (Å²) < 4.78 is 4.76. The van der Waals surface area contributed by atoms with Gasteiger partial charge in [-0.25, -0.2) is 0 Å². The van der Waals surface area contributed by atoms with E-state index in [0.29, 0.717) is 12.1 Å². The van der Waals surface area contributed by atoms with Crippen molar-refractivity contribution < 1.29 is 9.53 Å². The minimum Gasteiger partial charge on any atom is -0.468 e. The second-order valence-electron chi connectivity index (χ2n) is 6.57. The van der Waals surface area contributed by atoms with Gasteiger partial charge < -0.3 is 10.1 Å². The molecule has 0 saturated heterocycles. The molecule has 4 bridgehead atoms. The Morgan fingerprint density at radius 2 is 1.78 bits per heavy atom. The van der Waals surface area contributed by atoms with Crippen LogP contribution < -0.4 is 5.32 Å². The van der Waals surface area contributed by atoms with E-state index < -0.39 is 0 Å². The zero-order valence-corrected chi connectivity index (χ0v) is 12.5. The van der Waals surface area contributed by atoms with E-state index in [9.17, 15) is 4.79 Å². The second kappa shape index (κ2) is 4.78. The van der Waals surface area contributed by atoms with E-state index in [1.54, 1.807) is 0 Å². The van der Waals surface area contributed by atoms with Crippen LogP contribution in [0.2, 0.25) is 0 Å². The zero-order chi connectivity index (χ0) is 12.8. The van der Waals surface area contributed by atoms with E-state index in [4.69, 9.17) is 4.74 Å². The van der Waals surface area contributed by atoms with Crippen molar-refractivity contribution in [1.29, 1.82) is 0 Å². The zero-order valence-electron chi connectivity index (χ0n) is 11.0. The molecule has 4 fully saturated rings. The number of nitrogens with one attached hydrogen (secondary N) is 1. The van der Waals surface area contributed by atoms with Gasteiger partial charge in [0.15, 0.2) is 0 Å². The molecule has 0 aromatic carbocycles. The maximum Gasteiger partial charge on any atom is 0.320 e. The smallest absolute Gasteiger partial charge is 0.320 e. The number of esters is 1. The van der Waals surface area contributed by atoms with E-state index in [1.165, 1.54) is 45.6 Å². The van der Waals surface area contributed by atoms with Gasteiger partial charge in [0.25, 0.3) is 0 Å². The fourth-order valence-corrected chi connectivity index (χ4v) is 5.19. The molecule has 3 nitrogen and oxygen atoms in total. The summed E-state index contributed by atoms with van der Waals surface area (Å²) in [5.74, 6) is 2.65. The summed E-state index contributed by atoms with van der Waals surface area (Å²) in [5, 5.41) is 3.69. The molecule has 0 aromatic heterocycles. The van der Waals surface area contributed by atoms with E-state index >= 15 is 0 Å². The quantitative estimate of drug-likeness (QED) is 0.640. The maximum atomic E-state index is 11.4. The van der Waals surface area contributed by atoms with E-state index in [0.717, 1.165) is 17.8 Å². The first-order chi connectivity index (χ1) is 8.60. The molecule has 0 radical (unpaired) electrons. The van der Waals surface area contributed by atoms with Crippen molar-refractivity contribution in [2.75, 3.05) is 13.7 Å². The van der Waals surface area contributed by atoms with Crippen LogP contribution in [-0.2, 0) is 9.53 Å². The summed E-state index contributed by atoms with van der Waals surface area (Å²) in [7, 11) is 1.45. The third kappa shape index (κ3) is 2.34. The predicted molar refractivity (Wildman–Crippen MR) is 73.6 cm³/mol. The minimum absolute atomic E-state index is 0.174. The Morgan fingerprint density at radius 3 is 2.22 bits per heavy atom. The molecule has 4 aliphatic rings. The van der Waals surface area contributed by atoms with Crippen LogP contribution in [-0.4, -0.2) is 30.0 Å². The normalized spacial score (nSPS) is 42.9. The van der Waals surface area contributed by atoms with E-state index in [-0.39, 0.29) is 10.8 Å². The molecule has 0 aliphatic heterocycles. The lowest BCUT2D eigenvalue weighted by atomic mass is 9.53. The Labute approximate surface area is 117 Å². The lowest BCUT2D eigenvalue weighted by Crippen LogP contribution is -2.59. The standard InChI is InChI=1S/C14H22BrNO2/c1-18-13(17)12(15)8-16-14-5-9-2-10(6-14)4-11(3-9)7-14/h9-12,16H,2-8H2,1H3. The van der Waals surface area contributed by atoms with Crippen LogP contribution in [0.3, 0.4) is 0 Å². The topological polar surface area (TPSA) is 38.3 Å². The van der Waals surface area contributed by atoms with Crippen molar-refractivity contribution in [3.8, 4) is 0 Å². The summed E-state index contributed by atoms with van der Waals surface area (Å²) >= 11 is 3.41. The van der Waals surface area contributed by atoms with Crippen molar-refractivity contribution in [3.63, 3.8) is 0 Å². The van der Waals surface area contributed by atoms with Crippen LogP contribution in [0.1, 0.15) is 38.5 Å². The minimum atomic E-state index is -0.212. The number of ether oxygens (including phenoxy) is 1. The number of rotatable bonds is 4. The molecule has 0 aromatic rings. The number of hydrogen-bond donors (Lipinski definition) is 1. The Balaban J connectivity index is 1.60. The van der Waals surface area contributed by atoms with Crippen molar-refractivity contribution in [2.24, 2.45) is 17.8 Å². The molecule has 4 aliphatic carbocycles. The van der Waals surface area contributed by atoms with Gasteiger partial charge in [0.05, 0.1) is 7.11 Å². The highest BCUT2D eigenvalue weighted by Crippen LogP contribution is 2.55. The second-order valence-corrected chi connectivity index (χ2v) is 7.67. The van der Waals surface area contributed by atoms with Gasteiger partial charge in [-0.05, 0) is 56.3 Å². The van der Waals surface area contributed by atoms with Crippen molar-refractivity contribution >= 4 is 21.9 Å². The van der Waals surface area contributed by atoms with E-state index in [2.05, 4.69) is 21.2 Å². The SMILES string of the molecule is COC(=O)C(Br)CNC12CC3CC(CC(C3)C1)C2. The van der Waals surface area contributed by atoms with Gasteiger partial charge >= 0.3 is 5.97 Å². The molecule has 1 atom stereocenters. The van der Waals surface area contributed by atoms with Crippen LogP contribution in [0, 0.1) is 17.8 Å². The van der Waals surface area contributed by atoms with Gasteiger partial charge in [0.2, 0.25) is 0 Å². The Morgan fingerprint density at radius 1 is 1.28 bits per heavy atom. The third-order valence-corrected chi connectivity index (χ3v) is 5.85. The summed E-state index contributed by atoms with van der Waals surface area (Å²) in [6, 6.07) is 0. The number of carbonyl (C=O) groups is 1. The Kier molecular flexibility index (Phi) is 3.43. The lowest BCUT2D eigenvalue weighted by molar-refractivity contribution is -0.139. The molecule has 0 heterocycles. The molecular weight excluding hydrogens is 294 g/mol. The van der Waals surface area contributed by atoms with Crippen molar-refractivity contribution in [2.45, 2.75) is 48.9 Å². The summed E-state index contributed by atoms with van der Waals surface area (Å²) in [6.45, 7) is 0.693. The van der Waals surface area contributed by atoms with Crippen LogP contribution in [0.5, 0.6) is 0 Å². The van der Waals surface area contributed by atoms with Gasteiger partial charge in [-0.15, -0.1) is 0 Å². The first-order valence-electron chi connectivity index (χ1n) is 7.07. The van der Waals surface area contributed by atoms with Gasteiger partial charge in [-0.2, -0.15) is 0 Å². The molecule has 1 N–H and O–H groups in total. The molecule has 0 spiro atoms. The average molecular weight is 316 g/mol. The monoisotopic (exact) mass is 315 g/mol. The Hall–Kier alpha value is -0.0900. The lowest BCUT2D eigenvalue weighted by Gasteiger charge is -2.57. The molecule has 4 heteroatoms. The number of alkyl halides is 1. The summed E-state index contributed by atoms with van der Waals surface area (Å²) in [6.07, 6.45) is 8.32. The van der Waals surface area contributed by atoms with Crippen LogP contribution in [0.4, 0.5) is 0 Å². The third-order valence-electron chi connectivity index (χ3n) is 5.15. The predicted octanol–water partition coefficient (Wildman–Crippen LogP) is 2.48. The summed E-state index contributed by atoms with van der Waals surface area (Å²) in [4.78, 5) is 11.2. The molecule has 4 rings (SSSR count). The van der Waals surface area contributed by atoms with Crippen LogP contribution in [0.15, 0.2) is 0 Å². The highest BCUT2D eigenvalue weighted by atomic mass is 79.9. The molecule has 0 amide bonds. The fraction of sp³-hybridized carbons (Fsp3) is 0.929. The highest BCUT2D eigenvalue weighted by molar-refractivity contribution is 9.10. The van der Waals surface area contributed by atoms with Gasteiger partial charge in [0, 0.05) is 12.1 Å². The molecule has 18 heavy (non-hydrogen) atoms. The first kappa shape index (κ1) is 12.9. The van der Waals surface area contributed by atoms with Gasteiger partial charge in [0.1, 0.15) is 4.83 Å². The first-order valence-corrected chi connectivity index (χ1v) is 7.99. The van der Waals surface area contributed by atoms with Gasteiger partial charge in [-0.3, -0.25) is 4.79 Å². The molecule has 102 valence electrons. The van der Waals surface area contributed by atoms with Crippen LogP contribution >= 0.6 is 15.9 Å². The number of halogens is 1. The van der Waals surface area contributed by atoms with E-state index in [1.807, 2.05) is 0 Å². The molecule has 1 unspecified atom stereocenters. The van der Waals surface area contributed by atoms with Gasteiger partial charge in [-0.1, -0.05) is 15.9 Å². The number of carbonyl (C=O) groups excluding carboxylic acids is 1. The highest BCUT2D eigenvalue weighted by Gasteiger charge is 2.50. The molecular formula is C14H22BrNO2. The number of methoxy groups -OCH3 is 1. The largest absolute Gasteiger partial charge is 0.468 e. The Bertz CT molecular complexity index is 309. The fourth-order valence-electron chi connectivity index (χ4n) is 4.84. The molecule has 4 saturated carbocycles.